The first-order valence-electron chi connectivity index (χ1n) is 9.15. The molecule has 1 amide bonds. The molecule has 2 aromatic carbocycles. The Morgan fingerprint density at radius 1 is 1.10 bits per heavy atom. The lowest BCUT2D eigenvalue weighted by molar-refractivity contribution is -0.115. The summed E-state index contributed by atoms with van der Waals surface area (Å²) in [5.41, 5.74) is 3.80. The Balaban J connectivity index is 1.29. The largest absolute Gasteiger partial charge is 0.486 e. The van der Waals surface area contributed by atoms with Crippen molar-refractivity contribution in [2.75, 3.05) is 18.5 Å². The number of hydrogen-bond donors (Lipinski definition) is 1. The molecule has 1 aliphatic heterocycles. The number of aromatic nitrogens is 2. The van der Waals surface area contributed by atoms with Gasteiger partial charge >= 0.3 is 0 Å². The zero-order valence-electron chi connectivity index (χ0n) is 15.6. The molecule has 146 valence electrons. The number of carbonyl (C=O) groups is 1. The van der Waals surface area contributed by atoms with E-state index in [9.17, 15) is 4.79 Å². The zero-order chi connectivity index (χ0) is 19.8. The molecule has 0 bridgehead atoms. The molecule has 2 aromatic heterocycles. The number of hydrogen-bond acceptors (Lipinski definition) is 7. The molecule has 0 unspecified atom stereocenters. The number of fused-ring (bicyclic) bond motifs is 2. The zero-order valence-corrected chi connectivity index (χ0v) is 17.2. The van der Waals surface area contributed by atoms with E-state index in [0.717, 1.165) is 32.2 Å². The van der Waals surface area contributed by atoms with Crippen molar-refractivity contribution in [3.63, 3.8) is 0 Å². The van der Waals surface area contributed by atoms with Crippen molar-refractivity contribution in [1.82, 2.24) is 9.97 Å². The number of anilines is 1. The molecule has 5 rings (SSSR count). The average Bonchev–Trinajstić information content (AvgIpc) is 3.32. The number of rotatable bonds is 4. The summed E-state index contributed by atoms with van der Waals surface area (Å²) in [5.74, 6) is 1.27. The number of nitrogens with one attached hydrogen (secondary N) is 1. The average molecular weight is 424 g/mol. The van der Waals surface area contributed by atoms with Gasteiger partial charge in [-0.25, -0.2) is 9.97 Å². The number of ether oxygens (including phenoxy) is 2. The van der Waals surface area contributed by atoms with Crippen LogP contribution in [0.1, 0.15) is 11.3 Å². The topological polar surface area (TPSA) is 73.3 Å². The van der Waals surface area contributed by atoms with E-state index in [4.69, 9.17) is 9.47 Å². The van der Waals surface area contributed by atoms with Crippen molar-refractivity contribution >= 4 is 43.9 Å². The van der Waals surface area contributed by atoms with Gasteiger partial charge in [0, 0.05) is 23.1 Å². The van der Waals surface area contributed by atoms with Crippen LogP contribution in [0.25, 0.3) is 20.8 Å². The first kappa shape index (κ1) is 18.1. The minimum atomic E-state index is -0.137. The van der Waals surface area contributed by atoms with Crippen LogP contribution in [-0.4, -0.2) is 29.1 Å². The predicted molar refractivity (Wildman–Crippen MR) is 115 cm³/mol. The molecule has 1 aliphatic rings. The standard InChI is InChI=1S/C21H17N3O3S2/c1-12-2-4-13(5-3-12)20-22-14(11-28-20)8-19(25)24-21-23-15-9-16-17(10-18(15)29-21)27-7-6-26-16/h2-5,9-11H,6-8H2,1H3,(H,23,24,25). The molecule has 0 aliphatic carbocycles. The van der Waals surface area contributed by atoms with Gasteiger partial charge in [-0.2, -0.15) is 0 Å². The molecule has 3 heterocycles. The van der Waals surface area contributed by atoms with Crippen molar-refractivity contribution in [3.8, 4) is 22.1 Å². The van der Waals surface area contributed by atoms with Crippen molar-refractivity contribution in [2.45, 2.75) is 13.3 Å². The van der Waals surface area contributed by atoms with Gasteiger partial charge in [-0.1, -0.05) is 41.2 Å². The smallest absolute Gasteiger partial charge is 0.232 e. The van der Waals surface area contributed by atoms with Gasteiger partial charge in [-0.3, -0.25) is 4.79 Å². The maximum atomic E-state index is 12.5. The molecule has 0 saturated heterocycles. The van der Waals surface area contributed by atoms with Gasteiger partial charge in [0.15, 0.2) is 16.6 Å². The van der Waals surface area contributed by atoms with Crippen LogP contribution in [0.4, 0.5) is 5.13 Å². The van der Waals surface area contributed by atoms with E-state index in [0.29, 0.717) is 24.1 Å². The Kier molecular flexibility index (Phi) is 4.65. The van der Waals surface area contributed by atoms with E-state index in [1.54, 1.807) is 11.3 Å². The van der Waals surface area contributed by atoms with Crippen LogP contribution in [0.3, 0.4) is 0 Å². The third-order valence-electron chi connectivity index (χ3n) is 4.49. The quantitative estimate of drug-likeness (QED) is 0.516. The molecule has 0 fully saturated rings. The summed E-state index contributed by atoms with van der Waals surface area (Å²) in [6.45, 7) is 3.13. The minimum absolute atomic E-state index is 0.137. The van der Waals surface area contributed by atoms with Crippen LogP contribution in [0.2, 0.25) is 0 Å². The summed E-state index contributed by atoms with van der Waals surface area (Å²) < 4.78 is 12.1. The van der Waals surface area contributed by atoms with E-state index >= 15 is 0 Å². The fourth-order valence-corrected chi connectivity index (χ4v) is 4.78. The predicted octanol–water partition coefficient (Wildman–Crippen LogP) is 4.68. The Morgan fingerprint density at radius 3 is 2.66 bits per heavy atom. The molecule has 4 aromatic rings. The van der Waals surface area contributed by atoms with Crippen LogP contribution in [0, 0.1) is 6.92 Å². The number of thiazole rings is 2. The molecule has 0 radical (unpaired) electrons. The lowest BCUT2D eigenvalue weighted by Crippen LogP contribution is -2.15. The van der Waals surface area contributed by atoms with Crippen LogP contribution < -0.4 is 14.8 Å². The normalized spacial score (nSPS) is 12.9. The van der Waals surface area contributed by atoms with Crippen LogP contribution in [0.5, 0.6) is 11.5 Å². The maximum absolute atomic E-state index is 12.5. The Morgan fingerprint density at radius 2 is 1.86 bits per heavy atom. The third-order valence-corrected chi connectivity index (χ3v) is 6.36. The SMILES string of the molecule is Cc1ccc(-c2nc(CC(=O)Nc3nc4cc5c(cc4s3)OCCO5)cs2)cc1. The third kappa shape index (κ3) is 3.81. The first-order chi connectivity index (χ1) is 14.1. The Labute approximate surface area is 175 Å². The van der Waals surface area contributed by atoms with E-state index in [-0.39, 0.29) is 12.3 Å². The molecule has 0 saturated carbocycles. The summed E-state index contributed by atoms with van der Waals surface area (Å²) in [6, 6.07) is 12.0. The summed E-state index contributed by atoms with van der Waals surface area (Å²) in [7, 11) is 0. The summed E-state index contributed by atoms with van der Waals surface area (Å²) in [4.78, 5) is 21.6. The molecular formula is C21H17N3O3S2. The Hall–Kier alpha value is -2.97. The number of benzene rings is 2. The van der Waals surface area contributed by atoms with E-state index < -0.39 is 0 Å². The fourth-order valence-electron chi connectivity index (χ4n) is 3.06. The molecule has 0 atom stereocenters. The first-order valence-corrected chi connectivity index (χ1v) is 10.9. The highest BCUT2D eigenvalue weighted by Crippen LogP contribution is 2.37. The highest BCUT2D eigenvalue weighted by molar-refractivity contribution is 7.22. The number of aryl methyl sites for hydroxylation is 1. The highest BCUT2D eigenvalue weighted by Gasteiger charge is 2.16. The van der Waals surface area contributed by atoms with E-state index in [2.05, 4.69) is 34.3 Å². The van der Waals surface area contributed by atoms with Crippen molar-refractivity contribution < 1.29 is 14.3 Å². The monoisotopic (exact) mass is 423 g/mol. The van der Waals surface area contributed by atoms with Crippen molar-refractivity contribution in [2.24, 2.45) is 0 Å². The molecule has 8 heteroatoms. The van der Waals surface area contributed by atoms with Gasteiger partial charge in [-0.05, 0) is 6.92 Å². The molecule has 1 N–H and O–H groups in total. The summed E-state index contributed by atoms with van der Waals surface area (Å²) in [5, 5.41) is 6.28. The number of carbonyl (C=O) groups excluding carboxylic acids is 1. The molecule has 6 nitrogen and oxygen atoms in total. The summed E-state index contributed by atoms with van der Waals surface area (Å²) in [6.07, 6.45) is 0.209. The number of amides is 1. The van der Waals surface area contributed by atoms with Gasteiger partial charge in [0.2, 0.25) is 5.91 Å². The molecular weight excluding hydrogens is 406 g/mol. The maximum Gasteiger partial charge on any atom is 0.232 e. The van der Waals surface area contributed by atoms with Gasteiger partial charge < -0.3 is 14.8 Å². The second kappa shape index (κ2) is 7.46. The van der Waals surface area contributed by atoms with E-state index in [1.165, 1.54) is 16.9 Å². The lowest BCUT2D eigenvalue weighted by Gasteiger charge is -2.17. The minimum Gasteiger partial charge on any atom is -0.486 e. The van der Waals surface area contributed by atoms with Crippen molar-refractivity contribution in [3.05, 3.63) is 53.0 Å². The van der Waals surface area contributed by atoms with Gasteiger partial charge in [0.25, 0.3) is 0 Å². The van der Waals surface area contributed by atoms with Crippen molar-refractivity contribution in [1.29, 1.82) is 0 Å². The van der Waals surface area contributed by atoms with Crippen LogP contribution in [0.15, 0.2) is 41.8 Å². The highest BCUT2D eigenvalue weighted by atomic mass is 32.1. The second-order valence-corrected chi connectivity index (χ2v) is 8.61. The fraction of sp³-hybridized carbons (Fsp3) is 0.190. The van der Waals surface area contributed by atoms with Crippen LogP contribution >= 0.6 is 22.7 Å². The number of nitrogens with zero attached hydrogens (tertiary/aromatic N) is 2. The second-order valence-electron chi connectivity index (χ2n) is 6.72. The summed E-state index contributed by atoms with van der Waals surface area (Å²) >= 11 is 2.96. The van der Waals surface area contributed by atoms with Gasteiger partial charge in [0.1, 0.15) is 18.2 Å². The molecule has 29 heavy (non-hydrogen) atoms. The van der Waals surface area contributed by atoms with Gasteiger partial charge in [0.05, 0.1) is 22.3 Å². The lowest BCUT2D eigenvalue weighted by atomic mass is 10.2. The Bertz CT molecular complexity index is 1150. The van der Waals surface area contributed by atoms with Gasteiger partial charge in [-0.15, -0.1) is 11.3 Å². The molecule has 0 spiro atoms. The van der Waals surface area contributed by atoms with Crippen LogP contribution in [-0.2, 0) is 11.2 Å². The van der Waals surface area contributed by atoms with E-state index in [1.807, 2.05) is 29.6 Å².